The summed E-state index contributed by atoms with van der Waals surface area (Å²) in [4.78, 5) is 19.4. The molecule has 0 unspecified atom stereocenters. The number of aromatic hydroxyl groups is 1. The predicted molar refractivity (Wildman–Crippen MR) is 152 cm³/mol. The van der Waals surface area contributed by atoms with Gasteiger partial charge in [-0.3, -0.25) is 0 Å². The zero-order chi connectivity index (χ0) is 29.5. The number of aromatic nitrogens is 1. The number of likely N-dealkylation sites (tertiary alicyclic amines) is 1. The molecule has 0 radical (unpaired) electrons. The van der Waals surface area contributed by atoms with Crippen LogP contribution in [0, 0.1) is 0 Å². The zero-order valence-corrected chi connectivity index (χ0v) is 24.5. The Morgan fingerprint density at radius 2 is 1.60 bits per heavy atom. The molecule has 0 spiro atoms. The highest BCUT2D eigenvalue weighted by atomic mass is 32.1. The fraction of sp³-hybridized carbons (Fsp3) is 0.467. The fourth-order valence-electron chi connectivity index (χ4n) is 4.84. The second kappa shape index (κ2) is 11.0. The molecule has 1 saturated heterocycles. The second-order valence-electron chi connectivity index (χ2n) is 12.2. The highest BCUT2D eigenvalue weighted by Gasteiger charge is 2.33. The van der Waals surface area contributed by atoms with Crippen LogP contribution in [0.1, 0.15) is 76.4 Å². The summed E-state index contributed by atoms with van der Waals surface area (Å²) in [6.45, 7) is 13.4. The number of halogens is 3. The molecule has 1 fully saturated rings. The molecule has 1 aromatic heterocycles. The first kappa shape index (κ1) is 29.7. The SMILES string of the molecule is CC(C)(C)c1cc(-c2csc(C3CCN(C(=O)Nc4ccccc4OC(F)(F)F)CC3)n2)cc(C(C)(C)C)c1O. The van der Waals surface area contributed by atoms with E-state index in [2.05, 4.69) is 51.6 Å². The Hall–Kier alpha value is -3.27. The maximum absolute atomic E-state index is 12.8. The Bertz CT molecular complexity index is 1330. The van der Waals surface area contributed by atoms with E-state index in [-0.39, 0.29) is 22.4 Å². The van der Waals surface area contributed by atoms with Gasteiger partial charge in [-0.05, 0) is 47.9 Å². The molecule has 2 heterocycles. The van der Waals surface area contributed by atoms with Crippen LogP contribution in [-0.4, -0.2) is 40.5 Å². The topological polar surface area (TPSA) is 74.7 Å². The van der Waals surface area contributed by atoms with Gasteiger partial charge >= 0.3 is 12.4 Å². The monoisotopic (exact) mass is 575 g/mol. The lowest BCUT2D eigenvalue weighted by Gasteiger charge is -2.31. The molecular formula is C30H36F3N3O3S. The summed E-state index contributed by atoms with van der Waals surface area (Å²) < 4.78 is 42.2. The molecule has 1 aliphatic heterocycles. The van der Waals surface area contributed by atoms with Crippen LogP contribution < -0.4 is 10.1 Å². The molecule has 4 rings (SSSR count). The summed E-state index contributed by atoms with van der Waals surface area (Å²) in [6, 6.07) is 9.07. The van der Waals surface area contributed by atoms with Crippen molar-refractivity contribution in [3.05, 3.63) is 57.9 Å². The minimum atomic E-state index is -4.85. The van der Waals surface area contributed by atoms with Crippen molar-refractivity contribution in [1.29, 1.82) is 0 Å². The van der Waals surface area contributed by atoms with Crippen LogP contribution in [0.3, 0.4) is 0 Å². The Morgan fingerprint density at radius 3 is 2.15 bits per heavy atom. The average Bonchev–Trinajstić information content (AvgIpc) is 3.33. The zero-order valence-electron chi connectivity index (χ0n) is 23.6. The number of amides is 2. The van der Waals surface area contributed by atoms with E-state index in [9.17, 15) is 23.1 Å². The Morgan fingerprint density at radius 1 is 1.02 bits per heavy atom. The molecule has 0 saturated carbocycles. The summed E-state index contributed by atoms with van der Waals surface area (Å²) in [7, 11) is 0. The van der Waals surface area contributed by atoms with Gasteiger partial charge in [-0.25, -0.2) is 9.78 Å². The molecular weight excluding hydrogens is 539 g/mol. The molecule has 40 heavy (non-hydrogen) atoms. The third-order valence-corrected chi connectivity index (χ3v) is 8.04. The number of ether oxygens (including phenoxy) is 1. The number of carbonyl (C=O) groups is 1. The van der Waals surface area contributed by atoms with Crippen LogP contribution in [0.5, 0.6) is 11.5 Å². The van der Waals surface area contributed by atoms with Crippen LogP contribution in [-0.2, 0) is 10.8 Å². The van der Waals surface area contributed by atoms with Crippen LogP contribution in [0.4, 0.5) is 23.7 Å². The first-order valence-corrected chi connectivity index (χ1v) is 14.2. The molecule has 0 aliphatic carbocycles. The molecule has 0 bridgehead atoms. The number of thiazole rings is 1. The number of nitrogens with zero attached hydrogens (tertiary/aromatic N) is 2. The first-order chi connectivity index (χ1) is 18.5. The number of carbonyl (C=O) groups excluding carboxylic acids is 1. The number of phenols is 1. The molecule has 10 heteroatoms. The minimum Gasteiger partial charge on any atom is -0.507 e. The second-order valence-corrected chi connectivity index (χ2v) is 13.1. The first-order valence-electron chi connectivity index (χ1n) is 13.3. The number of hydrogen-bond acceptors (Lipinski definition) is 5. The van der Waals surface area contributed by atoms with Gasteiger partial charge < -0.3 is 20.1 Å². The van der Waals surface area contributed by atoms with Gasteiger partial charge in [-0.2, -0.15) is 0 Å². The number of benzene rings is 2. The van der Waals surface area contributed by atoms with Crippen molar-refractivity contribution >= 4 is 23.1 Å². The van der Waals surface area contributed by atoms with Gasteiger partial charge in [0.25, 0.3) is 0 Å². The number of piperidine rings is 1. The van der Waals surface area contributed by atoms with E-state index in [0.717, 1.165) is 27.4 Å². The summed E-state index contributed by atoms with van der Waals surface area (Å²) >= 11 is 1.59. The highest BCUT2D eigenvalue weighted by molar-refractivity contribution is 7.10. The predicted octanol–water partition coefficient (Wildman–Crippen LogP) is 8.42. The number of alkyl halides is 3. The summed E-state index contributed by atoms with van der Waals surface area (Å²) in [5, 5.41) is 16.6. The molecule has 2 amide bonds. The van der Waals surface area contributed by atoms with Gasteiger partial charge in [0, 0.05) is 41.1 Å². The molecule has 1 aliphatic rings. The quantitative estimate of drug-likeness (QED) is 0.328. The Labute approximate surface area is 237 Å². The van der Waals surface area contributed by atoms with E-state index < -0.39 is 18.1 Å². The van der Waals surface area contributed by atoms with Crippen molar-refractivity contribution in [2.24, 2.45) is 0 Å². The maximum atomic E-state index is 12.8. The third kappa shape index (κ3) is 6.89. The molecule has 0 atom stereocenters. The smallest absolute Gasteiger partial charge is 0.507 e. The summed E-state index contributed by atoms with van der Waals surface area (Å²) in [6.07, 6.45) is -3.47. The lowest BCUT2D eigenvalue weighted by Crippen LogP contribution is -2.40. The van der Waals surface area contributed by atoms with Gasteiger partial charge in [-0.15, -0.1) is 24.5 Å². The lowest BCUT2D eigenvalue weighted by atomic mass is 9.78. The van der Waals surface area contributed by atoms with E-state index in [1.165, 1.54) is 24.3 Å². The van der Waals surface area contributed by atoms with Crippen LogP contribution in [0.25, 0.3) is 11.3 Å². The van der Waals surface area contributed by atoms with Crippen LogP contribution >= 0.6 is 11.3 Å². The Kier molecular flexibility index (Phi) is 8.13. The minimum absolute atomic E-state index is 0.0327. The number of nitrogens with one attached hydrogen (secondary N) is 1. The Balaban J connectivity index is 1.46. The maximum Gasteiger partial charge on any atom is 0.573 e. The molecule has 6 nitrogen and oxygen atoms in total. The van der Waals surface area contributed by atoms with E-state index in [0.29, 0.717) is 31.7 Å². The number of hydrogen-bond donors (Lipinski definition) is 2. The molecule has 2 aromatic carbocycles. The van der Waals surface area contributed by atoms with Gasteiger partial charge in [-0.1, -0.05) is 53.7 Å². The van der Waals surface area contributed by atoms with Gasteiger partial charge in [0.1, 0.15) is 5.75 Å². The summed E-state index contributed by atoms with van der Waals surface area (Å²) in [5.41, 5.74) is 3.06. The van der Waals surface area contributed by atoms with Crippen molar-refractivity contribution in [3.8, 4) is 22.8 Å². The molecule has 3 aromatic rings. The highest BCUT2D eigenvalue weighted by Crippen LogP contribution is 2.43. The van der Waals surface area contributed by atoms with Crippen LogP contribution in [0.15, 0.2) is 41.8 Å². The van der Waals surface area contributed by atoms with Crippen molar-refractivity contribution in [1.82, 2.24) is 9.88 Å². The van der Waals surface area contributed by atoms with Crippen molar-refractivity contribution in [2.75, 3.05) is 18.4 Å². The third-order valence-electron chi connectivity index (χ3n) is 7.03. The fourth-order valence-corrected chi connectivity index (χ4v) is 5.84. The van der Waals surface area contributed by atoms with Crippen molar-refractivity contribution in [3.63, 3.8) is 0 Å². The van der Waals surface area contributed by atoms with E-state index >= 15 is 0 Å². The van der Waals surface area contributed by atoms with E-state index in [1.54, 1.807) is 16.2 Å². The van der Waals surface area contributed by atoms with Gasteiger partial charge in [0.15, 0.2) is 5.75 Å². The van der Waals surface area contributed by atoms with E-state index in [1.807, 2.05) is 17.5 Å². The number of phenolic OH excluding ortho intramolecular Hbond substituents is 1. The largest absolute Gasteiger partial charge is 0.573 e. The lowest BCUT2D eigenvalue weighted by molar-refractivity contribution is -0.274. The van der Waals surface area contributed by atoms with Gasteiger partial charge in [0.05, 0.1) is 16.4 Å². The average molecular weight is 576 g/mol. The summed E-state index contributed by atoms with van der Waals surface area (Å²) in [5.74, 6) is 0.0504. The normalized spacial score (nSPS) is 15.3. The van der Waals surface area contributed by atoms with Crippen molar-refractivity contribution in [2.45, 2.75) is 77.5 Å². The van der Waals surface area contributed by atoms with Crippen molar-refractivity contribution < 1.29 is 27.8 Å². The standard InChI is InChI=1S/C30H36F3N3O3S/c1-28(2,3)20-15-19(16-21(25(20)37)29(4,5)6)23-17-40-26(34-23)18-11-13-36(14-12-18)27(38)35-22-9-7-8-10-24(22)39-30(31,32)33/h7-10,15-18,37H,11-14H2,1-6H3,(H,35,38). The van der Waals surface area contributed by atoms with E-state index in [4.69, 9.17) is 4.98 Å². The molecule has 216 valence electrons. The number of para-hydroxylation sites is 2. The molecule has 2 N–H and O–H groups in total. The number of urea groups is 1. The van der Waals surface area contributed by atoms with Crippen LogP contribution in [0.2, 0.25) is 0 Å². The number of anilines is 1. The van der Waals surface area contributed by atoms with Gasteiger partial charge in [0.2, 0.25) is 0 Å². The number of rotatable bonds is 4.